The van der Waals surface area contributed by atoms with Crippen molar-refractivity contribution in [3.05, 3.63) is 63.6 Å². The van der Waals surface area contributed by atoms with Crippen molar-refractivity contribution in [3.8, 4) is 0 Å². The molecular weight excluding hydrogens is 332 g/mol. The first-order valence-electron chi connectivity index (χ1n) is 8.46. The number of benzene rings is 1. The summed E-state index contributed by atoms with van der Waals surface area (Å²) in [4.78, 5) is 38.2. The number of amides is 2. The molecule has 3 N–H and O–H groups in total. The second-order valence-electron chi connectivity index (χ2n) is 6.24. The maximum atomic E-state index is 12.4. The highest BCUT2D eigenvalue weighted by Gasteiger charge is 2.24. The van der Waals surface area contributed by atoms with Crippen molar-refractivity contribution >= 4 is 23.2 Å². The van der Waals surface area contributed by atoms with Crippen LogP contribution in [0.15, 0.2) is 46.4 Å². The number of hydrazone groups is 1. The third-order valence-corrected chi connectivity index (χ3v) is 4.45. The van der Waals surface area contributed by atoms with E-state index in [2.05, 4.69) is 20.8 Å². The van der Waals surface area contributed by atoms with E-state index in [1.165, 1.54) is 6.20 Å². The van der Waals surface area contributed by atoms with Gasteiger partial charge in [0.2, 0.25) is 5.91 Å². The molecule has 1 aromatic carbocycles. The number of pyridine rings is 1. The molecule has 7 nitrogen and oxygen atoms in total. The van der Waals surface area contributed by atoms with E-state index in [0.717, 1.165) is 17.7 Å². The monoisotopic (exact) mass is 352 g/mol. The van der Waals surface area contributed by atoms with E-state index in [1.54, 1.807) is 25.1 Å². The fraction of sp³-hybridized carbons (Fsp3) is 0.263. The Bertz CT molecular complexity index is 929. The van der Waals surface area contributed by atoms with Gasteiger partial charge in [0, 0.05) is 24.2 Å². The van der Waals surface area contributed by atoms with Gasteiger partial charge in [-0.25, -0.2) is 5.43 Å². The third kappa shape index (κ3) is 3.56. The molecule has 2 heterocycles. The lowest BCUT2D eigenvalue weighted by Gasteiger charge is -2.21. The van der Waals surface area contributed by atoms with Crippen LogP contribution in [0.1, 0.15) is 41.3 Å². The minimum absolute atomic E-state index is 0.0760. The predicted octanol–water partition coefficient (Wildman–Crippen LogP) is 2.19. The highest BCUT2D eigenvalue weighted by atomic mass is 16.2. The van der Waals surface area contributed by atoms with Crippen molar-refractivity contribution < 1.29 is 9.59 Å². The van der Waals surface area contributed by atoms with Crippen molar-refractivity contribution in [2.75, 3.05) is 5.32 Å². The van der Waals surface area contributed by atoms with Crippen LogP contribution in [0.4, 0.5) is 5.69 Å². The molecule has 3 rings (SSSR count). The van der Waals surface area contributed by atoms with Crippen molar-refractivity contribution in [2.45, 2.75) is 26.7 Å². The number of aryl methyl sites for hydroxylation is 1. The maximum absolute atomic E-state index is 12.4. The highest BCUT2D eigenvalue weighted by molar-refractivity contribution is 6.07. The van der Waals surface area contributed by atoms with Gasteiger partial charge in [-0.15, -0.1) is 0 Å². The van der Waals surface area contributed by atoms with Crippen molar-refractivity contribution in [3.63, 3.8) is 0 Å². The quantitative estimate of drug-likeness (QED) is 0.786. The Hall–Kier alpha value is -3.22. The number of nitrogens with one attached hydrogen (secondary N) is 3. The molecule has 7 heteroatoms. The van der Waals surface area contributed by atoms with Gasteiger partial charge in [-0.2, -0.15) is 5.10 Å². The lowest BCUT2D eigenvalue weighted by Crippen LogP contribution is -2.33. The molecule has 0 spiro atoms. The van der Waals surface area contributed by atoms with Crippen LogP contribution < -0.4 is 16.3 Å². The summed E-state index contributed by atoms with van der Waals surface area (Å²) in [6, 6.07) is 8.88. The molecule has 134 valence electrons. The first-order valence-corrected chi connectivity index (χ1v) is 8.46. The normalized spacial score (nSPS) is 16.6. The number of carbonyl (C=O) groups is 2. The fourth-order valence-electron chi connectivity index (χ4n) is 2.99. The number of hydrogen-bond acceptors (Lipinski definition) is 4. The number of hydrogen-bond donors (Lipinski definition) is 3. The highest BCUT2D eigenvalue weighted by Crippen LogP contribution is 2.21. The van der Waals surface area contributed by atoms with Gasteiger partial charge in [0.15, 0.2) is 0 Å². The summed E-state index contributed by atoms with van der Waals surface area (Å²) < 4.78 is 0. The zero-order valence-corrected chi connectivity index (χ0v) is 14.6. The minimum Gasteiger partial charge on any atom is -0.328 e. The maximum Gasteiger partial charge on any atom is 0.261 e. The van der Waals surface area contributed by atoms with Gasteiger partial charge in [0.1, 0.15) is 5.56 Å². The van der Waals surface area contributed by atoms with Crippen LogP contribution in [-0.4, -0.2) is 22.5 Å². The second-order valence-corrected chi connectivity index (χ2v) is 6.24. The SMILES string of the molecule is CCC1CC(=O)NN=C1c1ccc(NC(=O)c2c(C)cc[nH]c2=O)cc1. The molecule has 0 radical (unpaired) electrons. The van der Waals surface area contributed by atoms with E-state index in [0.29, 0.717) is 17.7 Å². The van der Waals surface area contributed by atoms with E-state index in [4.69, 9.17) is 0 Å². The Morgan fingerprint density at radius 2 is 1.96 bits per heavy atom. The number of aromatic amines is 1. The third-order valence-electron chi connectivity index (χ3n) is 4.45. The standard InChI is InChI=1S/C19H20N4O3/c1-3-12-10-15(24)22-23-17(12)13-4-6-14(7-5-13)21-19(26)16-11(2)8-9-20-18(16)25/h4-9,12H,3,10H2,1-2H3,(H,20,25)(H,21,26)(H,22,24). The average Bonchev–Trinajstić information content (AvgIpc) is 2.62. The summed E-state index contributed by atoms with van der Waals surface area (Å²) in [5.41, 5.74) is 5.11. The summed E-state index contributed by atoms with van der Waals surface area (Å²) in [5.74, 6) is -0.451. The first-order chi connectivity index (χ1) is 12.5. The van der Waals surface area contributed by atoms with Gasteiger partial charge < -0.3 is 10.3 Å². The zero-order valence-electron chi connectivity index (χ0n) is 14.6. The van der Waals surface area contributed by atoms with Crippen LogP contribution in [-0.2, 0) is 4.79 Å². The van der Waals surface area contributed by atoms with Crippen LogP contribution in [0.25, 0.3) is 0 Å². The topological polar surface area (TPSA) is 103 Å². The van der Waals surface area contributed by atoms with Gasteiger partial charge >= 0.3 is 0 Å². The second kappa shape index (κ2) is 7.35. The molecule has 0 bridgehead atoms. The average molecular weight is 352 g/mol. The molecule has 0 aliphatic carbocycles. The summed E-state index contributed by atoms with van der Waals surface area (Å²) in [6.07, 6.45) is 2.75. The summed E-state index contributed by atoms with van der Waals surface area (Å²) in [5, 5.41) is 6.91. The fourth-order valence-corrected chi connectivity index (χ4v) is 2.99. The molecule has 1 aromatic heterocycles. The largest absolute Gasteiger partial charge is 0.328 e. The molecule has 1 atom stereocenters. The van der Waals surface area contributed by atoms with Gasteiger partial charge in [-0.3, -0.25) is 14.4 Å². The molecule has 2 aromatic rings. The first kappa shape index (κ1) is 17.6. The molecule has 0 fully saturated rings. The van der Waals surface area contributed by atoms with Crippen LogP contribution in [0, 0.1) is 12.8 Å². The number of nitrogens with zero attached hydrogens (tertiary/aromatic N) is 1. The van der Waals surface area contributed by atoms with E-state index in [1.807, 2.05) is 19.1 Å². The van der Waals surface area contributed by atoms with Crippen LogP contribution >= 0.6 is 0 Å². The number of H-pyrrole nitrogens is 1. The number of aromatic nitrogens is 1. The lowest BCUT2D eigenvalue weighted by atomic mass is 9.90. The summed E-state index contributed by atoms with van der Waals surface area (Å²) >= 11 is 0. The van der Waals surface area contributed by atoms with Gasteiger partial charge in [-0.1, -0.05) is 19.1 Å². The minimum atomic E-state index is -0.453. The Balaban J connectivity index is 1.79. The van der Waals surface area contributed by atoms with Crippen LogP contribution in [0.2, 0.25) is 0 Å². The van der Waals surface area contributed by atoms with Crippen molar-refractivity contribution in [1.82, 2.24) is 10.4 Å². The number of rotatable bonds is 4. The molecule has 2 amide bonds. The molecular formula is C19H20N4O3. The smallest absolute Gasteiger partial charge is 0.261 e. The Labute approximate surface area is 150 Å². The van der Waals surface area contributed by atoms with E-state index < -0.39 is 11.5 Å². The summed E-state index contributed by atoms with van der Waals surface area (Å²) in [6.45, 7) is 3.74. The molecule has 0 saturated carbocycles. The van der Waals surface area contributed by atoms with E-state index in [-0.39, 0.29) is 17.4 Å². The molecule has 1 aliphatic rings. The summed E-state index contributed by atoms with van der Waals surface area (Å²) in [7, 11) is 0. The lowest BCUT2D eigenvalue weighted by molar-refractivity contribution is -0.122. The molecule has 26 heavy (non-hydrogen) atoms. The zero-order chi connectivity index (χ0) is 18.7. The van der Waals surface area contributed by atoms with Gasteiger partial charge in [0.25, 0.3) is 11.5 Å². The predicted molar refractivity (Wildman–Crippen MR) is 99.3 cm³/mol. The van der Waals surface area contributed by atoms with E-state index in [9.17, 15) is 14.4 Å². The Morgan fingerprint density at radius 1 is 1.23 bits per heavy atom. The van der Waals surface area contributed by atoms with E-state index >= 15 is 0 Å². The van der Waals surface area contributed by atoms with Gasteiger partial charge in [0.05, 0.1) is 5.71 Å². The number of carbonyl (C=O) groups excluding carboxylic acids is 2. The van der Waals surface area contributed by atoms with Crippen LogP contribution in [0.5, 0.6) is 0 Å². The molecule has 1 aliphatic heterocycles. The van der Waals surface area contributed by atoms with Gasteiger partial charge in [-0.05, 0) is 42.7 Å². The molecule has 0 saturated heterocycles. The Kier molecular flexibility index (Phi) is 4.97. The van der Waals surface area contributed by atoms with Crippen molar-refractivity contribution in [1.29, 1.82) is 0 Å². The Morgan fingerprint density at radius 3 is 2.62 bits per heavy atom. The molecule has 1 unspecified atom stereocenters. The number of anilines is 1. The van der Waals surface area contributed by atoms with Crippen molar-refractivity contribution in [2.24, 2.45) is 11.0 Å². The van der Waals surface area contributed by atoms with Crippen LogP contribution in [0.3, 0.4) is 0 Å².